The third kappa shape index (κ3) is 4.31. The third-order valence-electron chi connectivity index (χ3n) is 5.64. The SMILES string of the molecule is COC(=O)c1cc2ccccc2c(O)c1C(=C=C(c1ccccc1)c1ccccc1C)CO. The number of fused-ring (bicyclic) bond motifs is 1. The molecule has 0 saturated carbocycles. The average Bonchev–Trinajstić information content (AvgIpc) is 2.86. The van der Waals surface area contributed by atoms with Crippen LogP contribution in [0.5, 0.6) is 5.75 Å². The van der Waals surface area contributed by atoms with Crippen LogP contribution in [-0.2, 0) is 4.74 Å². The van der Waals surface area contributed by atoms with Crippen LogP contribution in [0.15, 0.2) is 90.7 Å². The molecule has 0 amide bonds. The molecule has 4 rings (SSSR count). The Morgan fingerprint density at radius 3 is 2.27 bits per heavy atom. The van der Waals surface area contributed by atoms with Crippen molar-refractivity contribution in [3.63, 3.8) is 0 Å². The number of methoxy groups -OCH3 is 1. The molecule has 0 saturated heterocycles. The first-order chi connectivity index (χ1) is 16.0. The minimum absolute atomic E-state index is 0.0951. The van der Waals surface area contributed by atoms with Gasteiger partial charge in [-0.2, -0.15) is 0 Å². The van der Waals surface area contributed by atoms with Crippen LogP contribution in [-0.4, -0.2) is 29.9 Å². The molecule has 0 bridgehead atoms. The van der Waals surface area contributed by atoms with Crippen LogP contribution in [0.2, 0.25) is 0 Å². The maximum atomic E-state index is 12.7. The zero-order valence-electron chi connectivity index (χ0n) is 18.5. The van der Waals surface area contributed by atoms with Gasteiger partial charge in [-0.15, -0.1) is 5.73 Å². The number of aliphatic hydroxyl groups excluding tert-OH is 1. The van der Waals surface area contributed by atoms with E-state index in [1.165, 1.54) is 7.11 Å². The lowest BCUT2D eigenvalue weighted by molar-refractivity contribution is 0.0600. The van der Waals surface area contributed by atoms with Gasteiger partial charge in [0.2, 0.25) is 0 Å². The molecule has 4 aromatic carbocycles. The number of carbonyl (C=O) groups excluding carboxylic acids is 1. The van der Waals surface area contributed by atoms with Crippen molar-refractivity contribution in [2.24, 2.45) is 0 Å². The van der Waals surface area contributed by atoms with E-state index in [-0.39, 0.29) is 16.9 Å². The molecule has 4 aromatic rings. The number of esters is 1. The van der Waals surface area contributed by atoms with Crippen molar-refractivity contribution in [3.05, 3.63) is 118 Å². The maximum absolute atomic E-state index is 12.7. The summed E-state index contributed by atoms with van der Waals surface area (Å²) in [6, 6.07) is 26.5. The lowest BCUT2D eigenvalue weighted by Gasteiger charge is -2.15. The van der Waals surface area contributed by atoms with Crippen LogP contribution >= 0.6 is 0 Å². The van der Waals surface area contributed by atoms with E-state index in [4.69, 9.17) is 4.74 Å². The standard InChI is InChI=1S/C29H24O4/c1-19-10-6-8-14-23(19)25(20-11-4-3-5-12-20)17-22(18-30)27-26(29(32)33-2)16-21-13-7-9-15-24(21)28(27)31/h3-16,30-31H,18H2,1-2H3. The van der Waals surface area contributed by atoms with Gasteiger partial charge in [-0.05, 0) is 35.1 Å². The Kier molecular flexibility index (Phi) is 6.41. The molecule has 4 heteroatoms. The van der Waals surface area contributed by atoms with Crippen LogP contribution in [0.3, 0.4) is 0 Å². The van der Waals surface area contributed by atoms with E-state index in [1.807, 2.05) is 79.7 Å². The third-order valence-corrected chi connectivity index (χ3v) is 5.64. The van der Waals surface area contributed by atoms with Gasteiger partial charge in [-0.1, -0.05) is 78.9 Å². The van der Waals surface area contributed by atoms with Crippen molar-refractivity contribution in [2.75, 3.05) is 13.7 Å². The van der Waals surface area contributed by atoms with Crippen LogP contribution in [0.25, 0.3) is 21.9 Å². The van der Waals surface area contributed by atoms with Crippen LogP contribution < -0.4 is 0 Å². The first-order valence-corrected chi connectivity index (χ1v) is 10.6. The minimum atomic E-state index is -0.601. The number of benzene rings is 4. The van der Waals surface area contributed by atoms with Gasteiger partial charge in [0.15, 0.2) is 0 Å². The molecular formula is C29H24O4. The highest BCUT2D eigenvalue weighted by Gasteiger charge is 2.22. The second kappa shape index (κ2) is 9.58. The molecule has 0 atom stereocenters. The lowest BCUT2D eigenvalue weighted by atomic mass is 9.91. The van der Waals surface area contributed by atoms with E-state index in [9.17, 15) is 15.0 Å². The van der Waals surface area contributed by atoms with Gasteiger partial charge >= 0.3 is 5.97 Å². The van der Waals surface area contributed by atoms with Crippen LogP contribution in [0, 0.1) is 6.92 Å². The molecule has 0 aliphatic rings. The highest BCUT2D eigenvalue weighted by atomic mass is 16.5. The van der Waals surface area contributed by atoms with E-state index in [0.29, 0.717) is 16.3 Å². The minimum Gasteiger partial charge on any atom is -0.507 e. The maximum Gasteiger partial charge on any atom is 0.338 e. The second-order valence-electron chi connectivity index (χ2n) is 7.68. The first-order valence-electron chi connectivity index (χ1n) is 10.6. The number of aryl methyl sites for hydroxylation is 1. The highest BCUT2D eigenvalue weighted by Crippen LogP contribution is 2.37. The normalized spacial score (nSPS) is 10.5. The molecule has 0 aliphatic carbocycles. The summed E-state index contributed by atoms with van der Waals surface area (Å²) in [5, 5.41) is 22.9. The monoisotopic (exact) mass is 436 g/mol. The largest absolute Gasteiger partial charge is 0.507 e. The highest BCUT2D eigenvalue weighted by molar-refractivity contribution is 6.05. The Morgan fingerprint density at radius 1 is 0.909 bits per heavy atom. The molecule has 0 fully saturated rings. The number of aromatic hydroxyl groups is 1. The molecule has 0 heterocycles. The van der Waals surface area contributed by atoms with Crippen molar-refractivity contribution in [2.45, 2.75) is 6.92 Å². The van der Waals surface area contributed by atoms with Crippen LogP contribution in [0.4, 0.5) is 0 Å². The molecular weight excluding hydrogens is 412 g/mol. The van der Waals surface area contributed by atoms with Crippen molar-refractivity contribution in [1.29, 1.82) is 0 Å². The summed E-state index contributed by atoms with van der Waals surface area (Å²) >= 11 is 0. The summed E-state index contributed by atoms with van der Waals surface area (Å²) in [5.41, 5.74) is 7.64. The Balaban J connectivity index is 2.13. The molecule has 0 radical (unpaired) electrons. The Hall–Kier alpha value is -4.11. The van der Waals surface area contributed by atoms with Crippen molar-refractivity contribution in [3.8, 4) is 5.75 Å². The molecule has 0 spiro atoms. The van der Waals surface area contributed by atoms with Gasteiger partial charge < -0.3 is 14.9 Å². The summed E-state index contributed by atoms with van der Waals surface area (Å²) in [5.74, 6) is -0.696. The van der Waals surface area contributed by atoms with Gasteiger partial charge in [-0.25, -0.2) is 4.79 Å². The van der Waals surface area contributed by atoms with Gasteiger partial charge in [0.05, 0.1) is 19.3 Å². The number of phenols is 1. The topological polar surface area (TPSA) is 66.8 Å². The van der Waals surface area contributed by atoms with Gasteiger partial charge in [0.1, 0.15) is 5.75 Å². The fourth-order valence-electron chi connectivity index (χ4n) is 3.99. The van der Waals surface area contributed by atoms with Gasteiger partial charge in [-0.3, -0.25) is 0 Å². The van der Waals surface area contributed by atoms with E-state index >= 15 is 0 Å². The van der Waals surface area contributed by atoms with Crippen molar-refractivity contribution in [1.82, 2.24) is 0 Å². The number of carbonyl (C=O) groups is 1. The van der Waals surface area contributed by atoms with E-state index in [0.717, 1.165) is 22.3 Å². The molecule has 164 valence electrons. The molecule has 2 N–H and O–H groups in total. The summed E-state index contributed by atoms with van der Waals surface area (Å²) in [4.78, 5) is 12.7. The number of hydrogen-bond acceptors (Lipinski definition) is 4. The molecule has 0 aromatic heterocycles. The second-order valence-corrected chi connectivity index (χ2v) is 7.68. The predicted molar refractivity (Wildman–Crippen MR) is 131 cm³/mol. The Labute approximate surface area is 192 Å². The number of ether oxygens (including phenoxy) is 1. The number of rotatable bonds is 5. The van der Waals surface area contributed by atoms with E-state index in [2.05, 4.69) is 5.73 Å². The smallest absolute Gasteiger partial charge is 0.338 e. The molecule has 0 unspecified atom stereocenters. The summed E-state index contributed by atoms with van der Waals surface area (Å²) in [7, 11) is 1.29. The average molecular weight is 437 g/mol. The summed E-state index contributed by atoms with van der Waals surface area (Å²) < 4.78 is 4.99. The van der Waals surface area contributed by atoms with E-state index < -0.39 is 12.6 Å². The zero-order chi connectivity index (χ0) is 23.4. The first kappa shape index (κ1) is 22.1. The molecule has 33 heavy (non-hydrogen) atoms. The van der Waals surface area contributed by atoms with Crippen molar-refractivity contribution >= 4 is 27.9 Å². The summed E-state index contributed by atoms with van der Waals surface area (Å²) in [6.45, 7) is 1.57. The Morgan fingerprint density at radius 2 is 1.58 bits per heavy atom. The zero-order valence-corrected chi connectivity index (χ0v) is 18.5. The van der Waals surface area contributed by atoms with Gasteiger partial charge in [0.25, 0.3) is 0 Å². The Bertz CT molecular complexity index is 1390. The predicted octanol–water partition coefficient (Wildman–Crippen LogP) is 5.75. The number of phenolic OH excluding ortho intramolecular Hbond substituents is 1. The number of hydrogen-bond donors (Lipinski definition) is 2. The quantitative estimate of drug-likeness (QED) is 0.309. The lowest BCUT2D eigenvalue weighted by Crippen LogP contribution is -2.07. The summed E-state index contributed by atoms with van der Waals surface area (Å²) in [6.07, 6.45) is 0. The number of aliphatic hydroxyl groups is 1. The van der Waals surface area contributed by atoms with Crippen molar-refractivity contribution < 1.29 is 19.7 Å². The van der Waals surface area contributed by atoms with E-state index in [1.54, 1.807) is 12.1 Å². The van der Waals surface area contributed by atoms with Crippen LogP contribution in [0.1, 0.15) is 32.6 Å². The molecule has 0 aliphatic heterocycles. The molecule has 4 nitrogen and oxygen atoms in total. The fraction of sp³-hybridized carbons (Fsp3) is 0.103. The van der Waals surface area contributed by atoms with Gasteiger partial charge in [0, 0.05) is 22.1 Å². The fourth-order valence-corrected chi connectivity index (χ4v) is 3.99.